The number of benzene rings is 3. The van der Waals surface area contributed by atoms with Crippen molar-refractivity contribution in [2.24, 2.45) is 9.98 Å². The van der Waals surface area contributed by atoms with Gasteiger partial charge in [0.1, 0.15) is 25.3 Å². The van der Waals surface area contributed by atoms with E-state index in [0.717, 1.165) is 32.6 Å². The normalized spacial score (nSPS) is 21.1. The number of nitrogens with one attached hydrogen (secondary N) is 1. The van der Waals surface area contributed by atoms with E-state index in [1.807, 2.05) is 60.7 Å². The molecule has 162 valence electrons. The summed E-state index contributed by atoms with van der Waals surface area (Å²) in [5.74, 6) is 1.28. The highest BCUT2D eigenvalue weighted by Gasteiger charge is 2.20. The van der Waals surface area contributed by atoms with Gasteiger partial charge in [-0.2, -0.15) is 0 Å². The Morgan fingerprint density at radius 1 is 0.606 bits per heavy atom. The Bertz CT molecular complexity index is 1360. The van der Waals surface area contributed by atoms with Crippen molar-refractivity contribution in [1.82, 2.24) is 4.98 Å². The number of aromatic nitrogens is 1. The second-order valence-corrected chi connectivity index (χ2v) is 8.20. The fourth-order valence-corrected chi connectivity index (χ4v) is 4.34. The predicted molar refractivity (Wildman–Crippen MR) is 132 cm³/mol. The first kappa shape index (κ1) is 19.6. The quantitative estimate of drug-likeness (QED) is 0.528. The number of rotatable bonds is 4. The van der Waals surface area contributed by atoms with Crippen molar-refractivity contribution >= 4 is 34.7 Å². The second-order valence-electron chi connectivity index (χ2n) is 8.20. The summed E-state index contributed by atoms with van der Waals surface area (Å²) < 4.78 is 11.8. The van der Waals surface area contributed by atoms with Crippen molar-refractivity contribution in [2.75, 3.05) is 13.2 Å². The largest absolute Gasteiger partial charge is 0.475 e. The molecule has 0 bridgehead atoms. The highest BCUT2D eigenvalue weighted by atomic mass is 16.5. The summed E-state index contributed by atoms with van der Waals surface area (Å²) in [4.78, 5) is 13.1. The lowest BCUT2D eigenvalue weighted by atomic mass is 10.1. The van der Waals surface area contributed by atoms with E-state index in [9.17, 15) is 0 Å². The molecule has 0 aliphatic carbocycles. The summed E-state index contributed by atoms with van der Waals surface area (Å²) >= 11 is 0. The van der Waals surface area contributed by atoms with Gasteiger partial charge in [0.15, 0.2) is 0 Å². The molecule has 5 heteroatoms. The molecule has 0 amide bonds. The first-order chi connectivity index (χ1) is 16.3. The molecule has 3 heterocycles. The van der Waals surface area contributed by atoms with E-state index in [4.69, 9.17) is 19.5 Å². The van der Waals surface area contributed by atoms with Gasteiger partial charge >= 0.3 is 0 Å². The third kappa shape index (κ3) is 3.94. The Balaban J connectivity index is 1.37. The van der Waals surface area contributed by atoms with Crippen molar-refractivity contribution in [3.63, 3.8) is 0 Å². The first-order valence-electron chi connectivity index (χ1n) is 11.1. The van der Waals surface area contributed by atoms with Gasteiger partial charge in [0.05, 0.1) is 10.7 Å². The van der Waals surface area contributed by atoms with E-state index in [1.54, 1.807) is 0 Å². The van der Waals surface area contributed by atoms with Gasteiger partial charge in [0, 0.05) is 22.9 Å². The topological polar surface area (TPSA) is 59.0 Å². The molecule has 6 rings (SSSR count). The maximum absolute atomic E-state index is 5.89. The fraction of sp³-hybridized carbons (Fsp3) is 0.143. The monoisotopic (exact) mass is 433 g/mol. The first-order valence-corrected chi connectivity index (χ1v) is 11.1. The minimum absolute atomic E-state index is 0.0286. The van der Waals surface area contributed by atoms with Crippen molar-refractivity contribution < 1.29 is 9.47 Å². The van der Waals surface area contributed by atoms with Crippen molar-refractivity contribution in [1.29, 1.82) is 0 Å². The highest BCUT2D eigenvalue weighted by molar-refractivity contribution is 6.09. The number of aliphatic imine (C=N–C) groups is 2. The number of hydrogen-bond acceptors (Lipinski definition) is 4. The molecule has 4 aromatic rings. The molecule has 1 aromatic heterocycles. The van der Waals surface area contributed by atoms with E-state index in [0.29, 0.717) is 25.0 Å². The maximum Gasteiger partial charge on any atom is 0.211 e. The molecule has 2 aliphatic rings. The molecule has 0 fully saturated rings. The van der Waals surface area contributed by atoms with Gasteiger partial charge in [-0.1, -0.05) is 84.9 Å². The number of nitrogens with zero attached hydrogens (tertiary/aromatic N) is 2. The summed E-state index contributed by atoms with van der Waals surface area (Å²) in [6.07, 6.45) is 3.96. The van der Waals surface area contributed by atoms with Crippen LogP contribution < -0.4 is 10.7 Å². The number of hydrogen-bond donors (Lipinski definition) is 1. The van der Waals surface area contributed by atoms with Crippen LogP contribution >= 0.6 is 0 Å². The highest BCUT2D eigenvalue weighted by Crippen LogP contribution is 2.24. The SMILES string of the molecule is C(/C1=NC(c2ccccc2)CO1)=c1/[nH]/c(=C\C2=NC(c3ccccc3)CO2)c2ccccc12. The molecular weight excluding hydrogens is 410 g/mol. The zero-order valence-corrected chi connectivity index (χ0v) is 18.0. The Morgan fingerprint density at radius 2 is 1.03 bits per heavy atom. The lowest BCUT2D eigenvalue weighted by molar-refractivity contribution is 0.323. The fourth-order valence-electron chi connectivity index (χ4n) is 4.34. The number of ether oxygens (including phenoxy) is 2. The van der Waals surface area contributed by atoms with Crippen LogP contribution in [0.5, 0.6) is 0 Å². The van der Waals surface area contributed by atoms with Gasteiger partial charge in [-0.3, -0.25) is 0 Å². The summed E-state index contributed by atoms with van der Waals surface area (Å²) in [7, 11) is 0. The van der Waals surface area contributed by atoms with E-state index < -0.39 is 0 Å². The molecule has 1 N–H and O–H groups in total. The van der Waals surface area contributed by atoms with Crippen LogP contribution in [0, 0.1) is 0 Å². The number of H-pyrrole nitrogens is 1. The van der Waals surface area contributed by atoms with Crippen LogP contribution in [0.15, 0.2) is 94.9 Å². The summed E-state index contributed by atoms with van der Waals surface area (Å²) in [6, 6.07) is 28.8. The van der Waals surface area contributed by atoms with Gasteiger partial charge in [0.25, 0.3) is 0 Å². The van der Waals surface area contributed by atoms with E-state index in [2.05, 4.69) is 41.4 Å². The van der Waals surface area contributed by atoms with Gasteiger partial charge in [-0.15, -0.1) is 0 Å². The van der Waals surface area contributed by atoms with Gasteiger partial charge in [0.2, 0.25) is 11.8 Å². The molecule has 0 radical (unpaired) electrons. The molecule has 0 spiro atoms. The molecule has 0 saturated carbocycles. The van der Waals surface area contributed by atoms with Crippen LogP contribution in [-0.2, 0) is 9.47 Å². The molecule has 3 aromatic carbocycles. The Kier molecular flexibility index (Phi) is 5.00. The number of aromatic amines is 1. The molecule has 33 heavy (non-hydrogen) atoms. The van der Waals surface area contributed by atoms with Gasteiger partial charge in [-0.25, -0.2) is 9.98 Å². The smallest absolute Gasteiger partial charge is 0.211 e. The average molecular weight is 434 g/mol. The van der Waals surface area contributed by atoms with Crippen LogP contribution in [0.2, 0.25) is 0 Å². The third-order valence-corrected chi connectivity index (χ3v) is 6.03. The molecule has 2 atom stereocenters. The standard InChI is InChI=1S/C28H23N3O2/c1-3-9-19(10-4-1)25-17-32-27(30-25)15-23-21-13-7-8-14-22(21)24(29-23)16-28-31-26(18-33-28)20-11-5-2-6-12-20/h1-16,25-26,29H,17-18H2/b23-15-,24-16-. The molecule has 0 saturated heterocycles. The van der Waals surface area contributed by atoms with E-state index >= 15 is 0 Å². The summed E-state index contributed by atoms with van der Waals surface area (Å²) in [5, 5.41) is 4.14. The maximum atomic E-state index is 5.89. The third-order valence-electron chi connectivity index (χ3n) is 6.03. The second kappa shape index (κ2) is 8.43. The predicted octanol–water partition coefficient (Wildman–Crippen LogP) is 4.07. The van der Waals surface area contributed by atoms with Crippen molar-refractivity contribution in [2.45, 2.75) is 12.1 Å². The lowest BCUT2D eigenvalue weighted by Gasteiger charge is -2.03. The lowest BCUT2D eigenvalue weighted by Crippen LogP contribution is -2.14. The molecule has 5 nitrogen and oxygen atoms in total. The molecular formula is C28H23N3O2. The number of fused-ring (bicyclic) bond motifs is 1. The Labute approximate surface area is 191 Å². The van der Waals surface area contributed by atoms with E-state index in [1.165, 1.54) is 0 Å². The van der Waals surface area contributed by atoms with Crippen LogP contribution in [0.25, 0.3) is 22.9 Å². The van der Waals surface area contributed by atoms with Crippen LogP contribution in [-0.4, -0.2) is 30.0 Å². The minimum atomic E-state index is 0.0286. The zero-order valence-electron chi connectivity index (χ0n) is 18.0. The molecule has 2 unspecified atom stereocenters. The molecule has 2 aliphatic heterocycles. The van der Waals surface area contributed by atoms with Gasteiger partial charge < -0.3 is 14.5 Å². The minimum Gasteiger partial charge on any atom is -0.475 e. The van der Waals surface area contributed by atoms with Crippen LogP contribution in [0.3, 0.4) is 0 Å². The summed E-state index contributed by atoms with van der Waals surface area (Å²) in [6.45, 7) is 1.11. The average Bonchev–Trinajstić information content (AvgIpc) is 3.61. The summed E-state index contributed by atoms with van der Waals surface area (Å²) in [5.41, 5.74) is 2.33. The Morgan fingerprint density at radius 3 is 1.48 bits per heavy atom. The van der Waals surface area contributed by atoms with Crippen molar-refractivity contribution in [3.8, 4) is 0 Å². The van der Waals surface area contributed by atoms with Crippen LogP contribution in [0.1, 0.15) is 23.2 Å². The van der Waals surface area contributed by atoms with Gasteiger partial charge in [-0.05, 0) is 11.1 Å². The Hall–Kier alpha value is -4.12. The van der Waals surface area contributed by atoms with E-state index in [-0.39, 0.29) is 12.1 Å². The zero-order chi connectivity index (χ0) is 22.0. The van der Waals surface area contributed by atoms with Crippen molar-refractivity contribution in [3.05, 3.63) is 107 Å². The van der Waals surface area contributed by atoms with Crippen LogP contribution in [0.4, 0.5) is 0 Å².